The van der Waals surface area contributed by atoms with Crippen LogP contribution < -0.4 is 0 Å². The Bertz CT molecular complexity index is 445. The number of carbonyl (C=O) groups excluding carboxylic acids is 1. The lowest BCUT2D eigenvalue weighted by atomic mass is 10.1. The Morgan fingerprint density at radius 2 is 2.05 bits per heavy atom. The maximum atomic E-state index is 12.2. The predicted octanol–water partition coefficient (Wildman–Crippen LogP) is 3.93. The van der Waals surface area contributed by atoms with Crippen molar-refractivity contribution >= 4 is 23.2 Å². The minimum Gasteiger partial charge on any atom is -0.383 e. The zero-order valence-corrected chi connectivity index (χ0v) is 13.6. The topological polar surface area (TPSA) is 29.5 Å². The molecule has 21 heavy (non-hydrogen) atoms. The second-order valence-electron chi connectivity index (χ2n) is 4.77. The normalized spacial score (nSPS) is 11.5. The van der Waals surface area contributed by atoms with E-state index in [0.717, 1.165) is 30.5 Å². The van der Waals surface area contributed by atoms with Crippen LogP contribution >= 0.6 is 11.6 Å². The van der Waals surface area contributed by atoms with Crippen molar-refractivity contribution in [2.75, 3.05) is 26.1 Å². The Labute approximate surface area is 132 Å². The summed E-state index contributed by atoms with van der Waals surface area (Å²) >= 11 is 5.76. The summed E-state index contributed by atoms with van der Waals surface area (Å²) in [6, 6.07) is 9.94. The van der Waals surface area contributed by atoms with Crippen LogP contribution in [0.3, 0.4) is 0 Å². The van der Waals surface area contributed by atoms with Crippen molar-refractivity contribution < 1.29 is 9.53 Å². The molecule has 0 unspecified atom stereocenters. The van der Waals surface area contributed by atoms with Crippen LogP contribution in [-0.2, 0) is 9.53 Å². The summed E-state index contributed by atoms with van der Waals surface area (Å²) in [5, 5.41) is 0. The number of hydrogen-bond acceptors (Lipinski definition) is 2. The molecule has 0 aromatic heterocycles. The fourth-order valence-corrected chi connectivity index (χ4v) is 2.21. The highest BCUT2D eigenvalue weighted by Crippen LogP contribution is 2.21. The number of nitrogens with zero attached hydrogens (tertiary/aromatic N) is 1. The molecule has 0 radical (unpaired) electrons. The fourth-order valence-electron chi connectivity index (χ4n) is 2.07. The number of rotatable bonds is 9. The molecule has 0 N–H and O–H groups in total. The molecule has 0 saturated heterocycles. The number of benzene rings is 1. The minimum absolute atomic E-state index is 0.0261. The second-order valence-corrected chi connectivity index (χ2v) is 5.04. The number of methoxy groups -OCH3 is 1. The number of amides is 1. The number of carbonyl (C=O) groups is 1. The summed E-state index contributed by atoms with van der Waals surface area (Å²) in [6.07, 6.45) is 5.29. The quantitative estimate of drug-likeness (QED) is 0.511. The highest BCUT2D eigenvalue weighted by Gasteiger charge is 2.18. The highest BCUT2D eigenvalue weighted by atomic mass is 35.5. The molecule has 0 heterocycles. The van der Waals surface area contributed by atoms with Gasteiger partial charge in [-0.25, -0.2) is 0 Å². The smallest absolute Gasteiger partial charge is 0.241 e. The number of allylic oxidation sites excluding steroid dienone is 1. The van der Waals surface area contributed by atoms with Crippen molar-refractivity contribution in [2.24, 2.45) is 0 Å². The average Bonchev–Trinajstić information content (AvgIpc) is 2.54. The van der Waals surface area contributed by atoms with E-state index in [9.17, 15) is 4.79 Å². The molecular formula is C17H24ClNO2. The van der Waals surface area contributed by atoms with Gasteiger partial charge in [0.25, 0.3) is 0 Å². The minimum atomic E-state index is -0.0969. The highest BCUT2D eigenvalue weighted by molar-refractivity contribution is 6.27. The van der Waals surface area contributed by atoms with E-state index in [4.69, 9.17) is 16.3 Å². The molecule has 0 saturated carbocycles. The first-order valence-corrected chi connectivity index (χ1v) is 7.88. The molecular weight excluding hydrogens is 286 g/mol. The zero-order chi connectivity index (χ0) is 15.5. The van der Waals surface area contributed by atoms with Gasteiger partial charge in [-0.2, -0.15) is 0 Å². The van der Waals surface area contributed by atoms with E-state index in [1.54, 1.807) is 12.0 Å². The molecule has 1 amide bonds. The lowest BCUT2D eigenvalue weighted by molar-refractivity contribution is -0.125. The van der Waals surface area contributed by atoms with E-state index in [0.29, 0.717) is 13.2 Å². The van der Waals surface area contributed by atoms with Crippen LogP contribution in [0, 0.1) is 0 Å². The number of unbranched alkanes of at least 4 members (excludes halogenated alkanes) is 2. The van der Waals surface area contributed by atoms with Crippen molar-refractivity contribution in [2.45, 2.75) is 26.2 Å². The van der Waals surface area contributed by atoms with E-state index >= 15 is 0 Å². The summed E-state index contributed by atoms with van der Waals surface area (Å²) in [5.41, 5.74) is 1.95. The number of ether oxygens (including phenoxy) is 1. The van der Waals surface area contributed by atoms with Gasteiger partial charge in [-0.15, -0.1) is 11.6 Å². The molecule has 4 heteroatoms. The van der Waals surface area contributed by atoms with Gasteiger partial charge < -0.3 is 9.64 Å². The van der Waals surface area contributed by atoms with Gasteiger partial charge in [0, 0.05) is 19.4 Å². The Kier molecular flexibility index (Phi) is 8.79. The van der Waals surface area contributed by atoms with Gasteiger partial charge in [0.15, 0.2) is 0 Å². The molecule has 3 nitrogen and oxygen atoms in total. The molecule has 116 valence electrons. The Morgan fingerprint density at radius 1 is 1.33 bits per heavy atom. The average molecular weight is 310 g/mol. The van der Waals surface area contributed by atoms with Crippen molar-refractivity contribution in [1.29, 1.82) is 0 Å². The largest absolute Gasteiger partial charge is 0.383 e. The Hall–Kier alpha value is -1.32. The molecule has 0 atom stereocenters. The van der Waals surface area contributed by atoms with E-state index in [-0.39, 0.29) is 11.8 Å². The summed E-state index contributed by atoms with van der Waals surface area (Å²) < 4.78 is 5.11. The molecule has 0 fully saturated rings. The van der Waals surface area contributed by atoms with E-state index in [2.05, 4.69) is 13.0 Å². The van der Waals surface area contributed by atoms with Crippen molar-refractivity contribution in [3.05, 3.63) is 42.0 Å². The summed E-state index contributed by atoms with van der Waals surface area (Å²) in [4.78, 5) is 13.9. The molecule has 0 spiro atoms. The number of halogens is 1. The third kappa shape index (κ3) is 5.90. The first-order valence-electron chi connectivity index (χ1n) is 7.35. The van der Waals surface area contributed by atoms with Crippen LogP contribution in [-0.4, -0.2) is 36.9 Å². The van der Waals surface area contributed by atoms with Crippen molar-refractivity contribution in [3.8, 4) is 0 Å². The third-order valence-electron chi connectivity index (χ3n) is 3.19. The first-order chi connectivity index (χ1) is 10.2. The van der Waals surface area contributed by atoms with Gasteiger partial charge in [0.1, 0.15) is 5.88 Å². The van der Waals surface area contributed by atoms with Gasteiger partial charge in [0.2, 0.25) is 5.91 Å². The molecule has 0 bridgehead atoms. The predicted molar refractivity (Wildman–Crippen MR) is 88.3 cm³/mol. The number of hydrogen-bond donors (Lipinski definition) is 0. The summed E-state index contributed by atoms with van der Waals surface area (Å²) in [6.45, 7) is 3.15. The molecule has 0 aliphatic carbocycles. The van der Waals surface area contributed by atoms with Crippen LogP contribution in [0.25, 0.3) is 5.70 Å². The van der Waals surface area contributed by atoms with Gasteiger partial charge in [0.05, 0.1) is 6.61 Å². The third-order valence-corrected chi connectivity index (χ3v) is 3.42. The molecule has 0 aliphatic rings. The lowest BCUT2D eigenvalue weighted by Crippen LogP contribution is -2.33. The van der Waals surface area contributed by atoms with Crippen LogP contribution in [0.15, 0.2) is 36.4 Å². The fraction of sp³-hybridized carbons (Fsp3) is 0.471. The summed E-state index contributed by atoms with van der Waals surface area (Å²) in [5.74, 6) is -0.123. The lowest BCUT2D eigenvalue weighted by Gasteiger charge is -2.25. The van der Waals surface area contributed by atoms with Crippen LogP contribution in [0.2, 0.25) is 0 Å². The van der Waals surface area contributed by atoms with Gasteiger partial charge in [-0.3, -0.25) is 4.79 Å². The van der Waals surface area contributed by atoms with Crippen molar-refractivity contribution in [1.82, 2.24) is 4.90 Å². The summed E-state index contributed by atoms with van der Waals surface area (Å²) in [7, 11) is 1.63. The molecule has 1 aromatic rings. The van der Waals surface area contributed by atoms with Crippen LogP contribution in [0.5, 0.6) is 0 Å². The van der Waals surface area contributed by atoms with Gasteiger partial charge >= 0.3 is 0 Å². The first kappa shape index (κ1) is 17.7. The zero-order valence-electron chi connectivity index (χ0n) is 12.8. The maximum Gasteiger partial charge on any atom is 0.241 e. The van der Waals surface area contributed by atoms with Crippen molar-refractivity contribution in [3.63, 3.8) is 0 Å². The maximum absolute atomic E-state index is 12.2. The SMILES string of the molecule is CCCC/C=C(\c1ccccc1)N(CCOC)C(=O)CCl. The monoisotopic (exact) mass is 309 g/mol. The van der Waals surface area contributed by atoms with E-state index in [1.807, 2.05) is 30.3 Å². The van der Waals surface area contributed by atoms with Crippen LogP contribution in [0.1, 0.15) is 31.7 Å². The molecule has 0 aliphatic heterocycles. The van der Waals surface area contributed by atoms with Gasteiger partial charge in [-0.05, 0) is 18.4 Å². The standard InChI is InChI=1S/C17H24ClNO2/c1-3-4-6-11-16(15-9-7-5-8-10-15)19(12-13-21-2)17(20)14-18/h5,7-11H,3-4,6,12-14H2,1-2H3/b16-11+. The van der Waals surface area contributed by atoms with Gasteiger partial charge in [-0.1, -0.05) is 49.8 Å². The Morgan fingerprint density at radius 3 is 2.62 bits per heavy atom. The molecule has 1 aromatic carbocycles. The second kappa shape index (κ2) is 10.4. The number of alkyl halides is 1. The van der Waals surface area contributed by atoms with Crippen LogP contribution in [0.4, 0.5) is 0 Å². The molecule has 1 rings (SSSR count). The van der Waals surface area contributed by atoms with E-state index in [1.165, 1.54) is 0 Å². The van der Waals surface area contributed by atoms with E-state index < -0.39 is 0 Å². The Balaban J connectivity index is 3.05.